The van der Waals surface area contributed by atoms with Crippen LogP contribution in [0.4, 0.5) is 4.39 Å². The van der Waals surface area contributed by atoms with E-state index in [0.29, 0.717) is 26.0 Å². The molecule has 1 aromatic rings. The van der Waals surface area contributed by atoms with E-state index in [4.69, 9.17) is 4.74 Å². The molecule has 1 N–H and O–H groups in total. The first-order valence-corrected chi connectivity index (χ1v) is 9.12. The summed E-state index contributed by atoms with van der Waals surface area (Å²) < 4.78 is 45.5. The van der Waals surface area contributed by atoms with Gasteiger partial charge in [-0.05, 0) is 37.6 Å². The smallest absolute Gasteiger partial charge is 0.323 e. The lowest BCUT2D eigenvalue weighted by Gasteiger charge is -2.35. The Morgan fingerprint density at radius 1 is 1.30 bits per heavy atom. The van der Waals surface area contributed by atoms with E-state index in [0.717, 1.165) is 19.0 Å². The van der Waals surface area contributed by atoms with E-state index in [1.54, 1.807) is 0 Å². The highest BCUT2D eigenvalue weighted by atomic mass is 32.2. The van der Waals surface area contributed by atoms with Gasteiger partial charge in [-0.2, -0.15) is 0 Å². The Balaban J connectivity index is 1.68. The third-order valence-electron chi connectivity index (χ3n) is 4.23. The van der Waals surface area contributed by atoms with Crippen molar-refractivity contribution < 1.29 is 22.3 Å². The number of rotatable bonds is 4. The van der Waals surface area contributed by atoms with E-state index < -0.39 is 15.8 Å². The molecule has 0 bridgehead atoms. The second-order valence-corrected chi connectivity index (χ2v) is 7.60. The normalized spacial score (nSPS) is 26.2. The molecule has 2 heterocycles. The molecule has 2 unspecified atom stereocenters. The number of carbonyl (C=O) groups is 1. The molecule has 6 nitrogen and oxygen atoms in total. The van der Waals surface area contributed by atoms with Crippen LogP contribution >= 0.6 is 0 Å². The summed E-state index contributed by atoms with van der Waals surface area (Å²) in [5, 5.41) is 0. The van der Waals surface area contributed by atoms with Gasteiger partial charge in [0.2, 0.25) is 10.0 Å². The van der Waals surface area contributed by atoms with Crippen molar-refractivity contribution in [3.05, 3.63) is 30.1 Å². The monoisotopic (exact) mass is 342 g/mol. The van der Waals surface area contributed by atoms with Crippen molar-refractivity contribution in [3.8, 4) is 0 Å². The molecule has 8 heteroatoms. The zero-order chi connectivity index (χ0) is 16.4. The Hall–Kier alpha value is -1.51. The van der Waals surface area contributed by atoms with Gasteiger partial charge in [0.15, 0.2) is 0 Å². The lowest BCUT2D eigenvalue weighted by molar-refractivity contribution is -0.142. The summed E-state index contributed by atoms with van der Waals surface area (Å²) in [4.78, 5) is 13.6. The molecular weight excluding hydrogens is 323 g/mol. The lowest BCUT2D eigenvalue weighted by atomic mass is 10.0. The number of sulfonamides is 1. The molecule has 0 saturated carbocycles. The maximum Gasteiger partial charge on any atom is 0.323 e. The van der Waals surface area contributed by atoms with Gasteiger partial charge in [-0.1, -0.05) is 6.07 Å². The van der Waals surface area contributed by atoms with Crippen LogP contribution in [0.1, 0.15) is 19.3 Å². The van der Waals surface area contributed by atoms with Gasteiger partial charge in [0.1, 0.15) is 11.9 Å². The Kier molecular flexibility index (Phi) is 4.65. The predicted octanol–water partition coefficient (Wildman–Crippen LogP) is 0.884. The van der Waals surface area contributed by atoms with Gasteiger partial charge in [0.05, 0.1) is 11.5 Å². The van der Waals surface area contributed by atoms with Crippen molar-refractivity contribution >= 4 is 16.0 Å². The summed E-state index contributed by atoms with van der Waals surface area (Å²) in [5.74, 6) is -0.828. The summed E-state index contributed by atoms with van der Waals surface area (Å²) >= 11 is 0. The minimum Gasteiger partial charge on any atom is -0.464 e. The molecule has 0 amide bonds. The number of hydrogen-bond donors (Lipinski definition) is 1. The molecule has 2 aliphatic rings. The van der Waals surface area contributed by atoms with Crippen LogP contribution in [-0.4, -0.2) is 51.1 Å². The standard InChI is InChI=1S/C15H19FN2O4S/c16-11-3-1-5-13(9-11)23(20,21)17-12-4-2-7-18(10-12)14-6-8-22-15(14)19/h1,3,5,9,12,14,17H,2,4,6-8,10H2. The molecule has 1 aromatic carbocycles. The molecule has 0 aromatic heterocycles. The van der Waals surface area contributed by atoms with Crippen LogP contribution in [-0.2, 0) is 19.6 Å². The summed E-state index contributed by atoms with van der Waals surface area (Å²) in [6.45, 7) is 1.62. The highest BCUT2D eigenvalue weighted by Gasteiger charge is 2.36. The summed E-state index contributed by atoms with van der Waals surface area (Å²) in [5.41, 5.74) is 0. The number of hydrogen-bond acceptors (Lipinski definition) is 5. The highest BCUT2D eigenvalue weighted by Crippen LogP contribution is 2.21. The van der Waals surface area contributed by atoms with Gasteiger partial charge < -0.3 is 4.74 Å². The average molecular weight is 342 g/mol. The number of halogens is 1. The second kappa shape index (κ2) is 6.54. The number of piperidine rings is 1. The van der Waals surface area contributed by atoms with Crippen molar-refractivity contribution in [1.82, 2.24) is 9.62 Å². The maximum atomic E-state index is 13.2. The Labute approximate surface area is 134 Å². The fourth-order valence-corrected chi connectivity index (χ4v) is 4.42. The summed E-state index contributed by atoms with van der Waals surface area (Å²) in [6, 6.07) is 4.35. The number of nitrogens with zero attached hydrogens (tertiary/aromatic N) is 1. The van der Waals surface area contributed by atoms with E-state index in [9.17, 15) is 17.6 Å². The minimum atomic E-state index is -3.78. The quantitative estimate of drug-likeness (QED) is 0.822. The van der Waals surface area contributed by atoms with Gasteiger partial charge in [-0.3, -0.25) is 9.69 Å². The predicted molar refractivity (Wildman–Crippen MR) is 80.7 cm³/mol. The van der Waals surface area contributed by atoms with Crippen molar-refractivity contribution in [1.29, 1.82) is 0 Å². The van der Waals surface area contributed by atoms with Crippen molar-refractivity contribution in [2.75, 3.05) is 19.7 Å². The Bertz CT molecular complexity index is 694. The third kappa shape index (κ3) is 3.70. The molecule has 126 valence electrons. The average Bonchev–Trinajstić information content (AvgIpc) is 2.93. The lowest BCUT2D eigenvalue weighted by Crippen LogP contribution is -2.52. The molecule has 0 radical (unpaired) electrons. The van der Waals surface area contributed by atoms with Crippen LogP contribution in [0, 0.1) is 5.82 Å². The van der Waals surface area contributed by atoms with E-state index in [2.05, 4.69) is 4.72 Å². The molecule has 2 aliphatic heterocycles. The third-order valence-corrected chi connectivity index (χ3v) is 5.75. The van der Waals surface area contributed by atoms with Crippen molar-refractivity contribution in [2.45, 2.75) is 36.2 Å². The molecule has 23 heavy (non-hydrogen) atoms. The van der Waals surface area contributed by atoms with E-state index >= 15 is 0 Å². The van der Waals surface area contributed by atoms with E-state index in [1.165, 1.54) is 18.2 Å². The largest absolute Gasteiger partial charge is 0.464 e. The molecule has 2 atom stereocenters. The zero-order valence-corrected chi connectivity index (χ0v) is 13.4. The number of esters is 1. The Morgan fingerprint density at radius 2 is 2.13 bits per heavy atom. The van der Waals surface area contributed by atoms with Crippen LogP contribution in [0.2, 0.25) is 0 Å². The molecule has 0 spiro atoms. The van der Waals surface area contributed by atoms with Crippen molar-refractivity contribution in [2.24, 2.45) is 0 Å². The fourth-order valence-electron chi connectivity index (χ4n) is 3.12. The van der Waals surface area contributed by atoms with Crippen LogP contribution < -0.4 is 4.72 Å². The van der Waals surface area contributed by atoms with Gasteiger partial charge in [-0.15, -0.1) is 0 Å². The first-order chi connectivity index (χ1) is 11.0. The van der Waals surface area contributed by atoms with Crippen LogP contribution in [0.3, 0.4) is 0 Å². The van der Waals surface area contributed by atoms with Crippen LogP contribution in [0.5, 0.6) is 0 Å². The van der Waals surface area contributed by atoms with Gasteiger partial charge >= 0.3 is 5.97 Å². The number of nitrogens with one attached hydrogen (secondary N) is 1. The SMILES string of the molecule is O=C1OCCC1N1CCCC(NS(=O)(=O)c2cccc(F)c2)C1. The van der Waals surface area contributed by atoms with Gasteiger partial charge in [0.25, 0.3) is 0 Å². The molecular formula is C15H19FN2O4S. The topological polar surface area (TPSA) is 75.7 Å². The molecule has 3 rings (SSSR count). The molecule has 2 fully saturated rings. The van der Waals surface area contributed by atoms with E-state index in [1.807, 2.05) is 4.90 Å². The first kappa shape index (κ1) is 16.4. The zero-order valence-electron chi connectivity index (χ0n) is 12.6. The fraction of sp³-hybridized carbons (Fsp3) is 0.533. The molecule has 0 aliphatic carbocycles. The first-order valence-electron chi connectivity index (χ1n) is 7.64. The van der Waals surface area contributed by atoms with Crippen molar-refractivity contribution in [3.63, 3.8) is 0 Å². The van der Waals surface area contributed by atoms with Crippen LogP contribution in [0.15, 0.2) is 29.2 Å². The molecule has 2 saturated heterocycles. The number of carbonyl (C=O) groups excluding carboxylic acids is 1. The minimum absolute atomic E-state index is 0.0881. The van der Waals surface area contributed by atoms with Gasteiger partial charge in [0, 0.05) is 19.0 Å². The summed E-state index contributed by atoms with van der Waals surface area (Å²) in [7, 11) is -3.78. The van der Waals surface area contributed by atoms with E-state index in [-0.39, 0.29) is 22.9 Å². The van der Waals surface area contributed by atoms with Crippen LogP contribution in [0.25, 0.3) is 0 Å². The van der Waals surface area contributed by atoms with Gasteiger partial charge in [-0.25, -0.2) is 17.5 Å². The number of ether oxygens (including phenoxy) is 1. The number of cyclic esters (lactones) is 1. The maximum absolute atomic E-state index is 13.2. The summed E-state index contributed by atoms with van der Waals surface area (Å²) in [6.07, 6.45) is 2.12. The number of benzene rings is 1. The highest BCUT2D eigenvalue weighted by molar-refractivity contribution is 7.89. The number of likely N-dealkylation sites (tertiary alicyclic amines) is 1. The second-order valence-electron chi connectivity index (χ2n) is 5.88. The Morgan fingerprint density at radius 3 is 2.83 bits per heavy atom.